The maximum absolute atomic E-state index is 12.2. The van der Waals surface area contributed by atoms with E-state index < -0.39 is 0 Å². The lowest BCUT2D eigenvalue weighted by atomic mass is 10.0. The number of hydrogen-bond acceptors (Lipinski definition) is 6. The molecule has 0 unspecified atom stereocenters. The van der Waals surface area contributed by atoms with E-state index in [2.05, 4.69) is 62.2 Å². The number of rotatable bonds is 5. The third-order valence-electron chi connectivity index (χ3n) is 5.45. The van der Waals surface area contributed by atoms with Gasteiger partial charge >= 0.3 is 0 Å². The Morgan fingerprint density at radius 1 is 1.16 bits per heavy atom. The minimum absolute atomic E-state index is 0.123. The molecule has 1 aliphatic rings. The molecule has 166 valence electrons. The number of aryl methyl sites for hydroxylation is 1. The Bertz CT molecular complexity index is 1070. The van der Waals surface area contributed by atoms with Crippen LogP contribution in [0.1, 0.15) is 46.1 Å². The molecule has 0 spiro atoms. The van der Waals surface area contributed by atoms with Gasteiger partial charge in [-0.25, -0.2) is 4.98 Å². The molecule has 0 atom stereocenters. The van der Waals surface area contributed by atoms with Crippen LogP contribution in [-0.2, 0) is 4.79 Å². The predicted molar refractivity (Wildman–Crippen MR) is 128 cm³/mol. The SMILES string of the molecule is CCCC(=O)N1CCN(c2nn3c(NC(C)(C)C)c(-c4ccccc4C)nc3s2)CC1. The van der Waals surface area contributed by atoms with Crippen LogP contribution in [0.3, 0.4) is 0 Å². The van der Waals surface area contributed by atoms with Crippen LogP contribution in [-0.4, -0.2) is 57.1 Å². The average Bonchev–Trinajstić information content (AvgIpc) is 3.27. The number of benzene rings is 1. The van der Waals surface area contributed by atoms with Crippen LogP contribution >= 0.6 is 11.3 Å². The van der Waals surface area contributed by atoms with Crippen LogP contribution in [0.2, 0.25) is 0 Å². The van der Waals surface area contributed by atoms with Crippen molar-refractivity contribution >= 4 is 33.2 Å². The van der Waals surface area contributed by atoms with Crippen LogP contribution < -0.4 is 10.2 Å². The number of anilines is 2. The molecule has 1 saturated heterocycles. The number of imidazole rings is 1. The smallest absolute Gasteiger partial charge is 0.222 e. The van der Waals surface area contributed by atoms with E-state index in [4.69, 9.17) is 10.1 Å². The van der Waals surface area contributed by atoms with Crippen molar-refractivity contribution in [3.63, 3.8) is 0 Å². The van der Waals surface area contributed by atoms with Gasteiger partial charge in [-0.2, -0.15) is 4.52 Å². The molecule has 0 bridgehead atoms. The molecule has 0 saturated carbocycles. The molecule has 0 aliphatic carbocycles. The summed E-state index contributed by atoms with van der Waals surface area (Å²) in [6.45, 7) is 13.7. The number of fused-ring (bicyclic) bond motifs is 1. The van der Waals surface area contributed by atoms with E-state index in [0.717, 1.165) is 59.8 Å². The van der Waals surface area contributed by atoms with Gasteiger partial charge in [0.1, 0.15) is 5.69 Å². The number of aromatic nitrogens is 3. The highest BCUT2D eigenvalue weighted by Gasteiger charge is 2.26. The molecule has 8 heteroatoms. The Labute approximate surface area is 188 Å². The zero-order valence-electron chi connectivity index (χ0n) is 19.1. The monoisotopic (exact) mass is 440 g/mol. The van der Waals surface area contributed by atoms with Crippen molar-refractivity contribution in [2.24, 2.45) is 0 Å². The molecule has 1 aliphatic heterocycles. The number of amides is 1. The molecule has 2 aromatic heterocycles. The van der Waals surface area contributed by atoms with Crippen molar-refractivity contribution in [2.75, 3.05) is 36.4 Å². The van der Waals surface area contributed by atoms with Gasteiger partial charge in [0.15, 0.2) is 5.82 Å². The lowest BCUT2D eigenvalue weighted by Crippen LogP contribution is -2.48. The van der Waals surface area contributed by atoms with Crippen LogP contribution in [0.25, 0.3) is 16.2 Å². The first-order valence-corrected chi connectivity index (χ1v) is 11.8. The number of nitrogens with one attached hydrogen (secondary N) is 1. The van der Waals surface area contributed by atoms with Gasteiger partial charge in [0.25, 0.3) is 0 Å². The molecule has 1 aromatic carbocycles. The number of carbonyl (C=O) groups is 1. The van der Waals surface area contributed by atoms with Gasteiger partial charge in [-0.15, -0.1) is 5.10 Å². The predicted octanol–water partition coefficient (Wildman–Crippen LogP) is 4.43. The molecule has 1 amide bonds. The first-order chi connectivity index (χ1) is 14.8. The van der Waals surface area contributed by atoms with E-state index in [1.165, 1.54) is 5.56 Å². The highest BCUT2D eigenvalue weighted by molar-refractivity contribution is 7.20. The standard InChI is InChI=1S/C23H32N6OS/c1-6-9-18(30)27-12-14-28(15-13-27)22-26-29-20(25-23(3,4)5)19(24-21(29)31-22)17-11-8-7-10-16(17)2/h7-8,10-11,25H,6,9,12-15H2,1-5H3. The molecule has 4 rings (SSSR count). The maximum Gasteiger partial charge on any atom is 0.222 e. The van der Waals surface area contributed by atoms with Gasteiger partial charge in [0, 0.05) is 43.7 Å². The molecule has 3 heterocycles. The summed E-state index contributed by atoms with van der Waals surface area (Å²) < 4.78 is 1.95. The zero-order valence-corrected chi connectivity index (χ0v) is 19.9. The second kappa shape index (κ2) is 8.49. The van der Waals surface area contributed by atoms with Crippen LogP contribution in [0.5, 0.6) is 0 Å². The molecule has 7 nitrogen and oxygen atoms in total. The van der Waals surface area contributed by atoms with Gasteiger partial charge in [0.2, 0.25) is 16.0 Å². The summed E-state index contributed by atoms with van der Waals surface area (Å²) in [4.78, 5) is 22.3. The normalized spacial score (nSPS) is 15.0. The van der Waals surface area contributed by atoms with E-state index in [9.17, 15) is 4.79 Å². The summed E-state index contributed by atoms with van der Waals surface area (Å²) in [5.41, 5.74) is 3.13. The van der Waals surface area contributed by atoms with E-state index in [-0.39, 0.29) is 11.4 Å². The topological polar surface area (TPSA) is 65.8 Å². The summed E-state index contributed by atoms with van der Waals surface area (Å²) in [6, 6.07) is 8.33. The second-order valence-electron chi connectivity index (χ2n) is 9.20. The molecule has 1 fully saturated rings. The summed E-state index contributed by atoms with van der Waals surface area (Å²) in [6.07, 6.45) is 1.53. The summed E-state index contributed by atoms with van der Waals surface area (Å²) in [7, 11) is 0. The second-order valence-corrected chi connectivity index (χ2v) is 10.1. The van der Waals surface area contributed by atoms with Crippen molar-refractivity contribution in [3.05, 3.63) is 29.8 Å². The maximum atomic E-state index is 12.2. The quantitative estimate of drug-likeness (QED) is 0.636. The van der Waals surface area contributed by atoms with Crippen molar-refractivity contribution in [3.8, 4) is 11.3 Å². The number of carbonyl (C=O) groups excluding carboxylic acids is 1. The molecular formula is C23H32N6OS. The van der Waals surface area contributed by atoms with Crippen LogP contribution in [0.4, 0.5) is 10.9 Å². The summed E-state index contributed by atoms with van der Waals surface area (Å²) in [5, 5.41) is 9.52. The Kier molecular flexibility index (Phi) is 5.92. The fourth-order valence-electron chi connectivity index (χ4n) is 3.88. The van der Waals surface area contributed by atoms with Gasteiger partial charge in [0.05, 0.1) is 0 Å². The molecular weight excluding hydrogens is 408 g/mol. The largest absolute Gasteiger partial charge is 0.364 e. The number of hydrogen-bond donors (Lipinski definition) is 1. The summed E-state index contributed by atoms with van der Waals surface area (Å²) in [5.74, 6) is 1.19. The van der Waals surface area contributed by atoms with Crippen molar-refractivity contribution in [2.45, 2.75) is 53.0 Å². The van der Waals surface area contributed by atoms with Crippen LogP contribution in [0.15, 0.2) is 24.3 Å². The van der Waals surface area contributed by atoms with Crippen LogP contribution in [0, 0.1) is 6.92 Å². The third kappa shape index (κ3) is 4.54. The number of nitrogens with zero attached hydrogens (tertiary/aromatic N) is 5. The zero-order chi connectivity index (χ0) is 22.2. The van der Waals surface area contributed by atoms with Gasteiger partial charge < -0.3 is 15.1 Å². The molecule has 1 N–H and O–H groups in total. The minimum atomic E-state index is -0.123. The fourth-order valence-corrected chi connectivity index (χ4v) is 4.83. The van der Waals surface area contributed by atoms with Crippen molar-refractivity contribution in [1.82, 2.24) is 19.5 Å². The third-order valence-corrected chi connectivity index (χ3v) is 6.42. The Hall–Kier alpha value is -2.61. The van der Waals surface area contributed by atoms with Gasteiger partial charge in [-0.05, 0) is 39.7 Å². The fraction of sp³-hybridized carbons (Fsp3) is 0.522. The highest BCUT2D eigenvalue weighted by Crippen LogP contribution is 2.36. The van der Waals surface area contributed by atoms with E-state index in [0.29, 0.717) is 6.42 Å². The first kappa shape index (κ1) is 21.6. The Balaban J connectivity index is 1.64. The van der Waals surface area contributed by atoms with E-state index in [1.54, 1.807) is 11.3 Å². The van der Waals surface area contributed by atoms with Gasteiger partial charge in [-0.1, -0.05) is 42.5 Å². The summed E-state index contributed by atoms with van der Waals surface area (Å²) >= 11 is 1.61. The molecule has 3 aromatic rings. The van der Waals surface area contributed by atoms with Gasteiger partial charge in [-0.3, -0.25) is 4.79 Å². The first-order valence-electron chi connectivity index (χ1n) is 11.0. The highest BCUT2D eigenvalue weighted by atomic mass is 32.1. The Morgan fingerprint density at radius 2 is 1.87 bits per heavy atom. The average molecular weight is 441 g/mol. The van der Waals surface area contributed by atoms with Crippen molar-refractivity contribution in [1.29, 1.82) is 0 Å². The minimum Gasteiger partial charge on any atom is -0.364 e. The lowest BCUT2D eigenvalue weighted by molar-refractivity contribution is -0.131. The van der Waals surface area contributed by atoms with E-state index >= 15 is 0 Å². The molecule has 31 heavy (non-hydrogen) atoms. The number of piperazine rings is 1. The molecule has 0 radical (unpaired) electrons. The van der Waals surface area contributed by atoms with E-state index in [1.807, 2.05) is 16.3 Å². The lowest BCUT2D eigenvalue weighted by Gasteiger charge is -2.34. The Morgan fingerprint density at radius 3 is 2.52 bits per heavy atom. The van der Waals surface area contributed by atoms with Crippen molar-refractivity contribution < 1.29 is 4.79 Å².